The maximum Gasteiger partial charge on any atom is 0.136 e. The molecule has 0 bridgehead atoms. The Morgan fingerprint density at radius 3 is 2.92 bits per heavy atom. The van der Waals surface area contributed by atoms with Crippen molar-refractivity contribution in [3.05, 3.63) is 24.5 Å². The summed E-state index contributed by atoms with van der Waals surface area (Å²) in [5, 5.41) is 3.93. The second kappa shape index (κ2) is 2.90. The molecule has 4 nitrogen and oxygen atoms in total. The molecule has 1 heterocycles. The molecule has 2 rings (SSSR count). The number of nitrogen functional groups attached to an aromatic ring is 1. The van der Waals surface area contributed by atoms with Crippen LogP contribution in [0.3, 0.4) is 0 Å². The smallest absolute Gasteiger partial charge is 0.136 e. The third-order valence-corrected chi connectivity index (χ3v) is 1.96. The first-order valence-electron chi connectivity index (χ1n) is 4.00. The highest BCUT2D eigenvalue weighted by Crippen LogP contribution is 2.24. The van der Waals surface area contributed by atoms with E-state index < -0.39 is 0 Å². The normalized spacial score (nSPS) is 10.2. The fourth-order valence-electron chi connectivity index (χ4n) is 1.34. The molecule has 0 aliphatic carbocycles. The molecule has 3 N–H and O–H groups in total. The molecule has 0 spiro atoms. The van der Waals surface area contributed by atoms with E-state index in [1.165, 1.54) is 6.33 Å². The Balaban J connectivity index is 2.87. The Morgan fingerprint density at radius 1 is 1.31 bits per heavy atom. The maximum absolute atomic E-state index is 5.74. The van der Waals surface area contributed by atoms with Crippen LogP contribution in [0.4, 0.5) is 11.5 Å². The standard InChI is InChI=1S/C9H10N4/c1-11-6-3-2-4-7-8(6)9(10)13-5-12-7/h2-5,11H,1H3,(H2,10,12,13). The second-order valence-corrected chi connectivity index (χ2v) is 2.71. The van der Waals surface area contributed by atoms with E-state index in [0.29, 0.717) is 5.82 Å². The zero-order valence-corrected chi connectivity index (χ0v) is 7.28. The van der Waals surface area contributed by atoms with Crippen LogP contribution in [0.1, 0.15) is 0 Å². The van der Waals surface area contributed by atoms with Crippen LogP contribution >= 0.6 is 0 Å². The van der Waals surface area contributed by atoms with Crippen LogP contribution < -0.4 is 11.1 Å². The lowest BCUT2D eigenvalue weighted by atomic mass is 10.2. The van der Waals surface area contributed by atoms with Gasteiger partial charge in [-0.1, -0.05) is 6.07 Å². The van der Waals surface area contributed by atoms with Gasteiger partial charge in [0.1, 0.15) is 12.1 Å². The molecule has 1 aromatic heterocycles. The molecule has 0 unspecified atom stereocenters. The van der Waals surface area contributed by atoms with Crippen LogP contribution in [0.5, 0.6) is 0 Å². The molecule has 0 fully saturated rings. The van der Waals surface area contributed by atoms with Crippen LogP contribution in [0.15, 0.2) is 24.5 Å². The van der Waals surface area contributed by atoms with Gasteiger partial charge >= 0.3 is 0 Å². The third-order valence-electron chi connectivity index (χ3n) is 1.96. The van der Waals surface area contributed by atoms with Gasteiger partial charge in [0.15, 0.2) is 0 Å². The van der Waals surface area contributed by atoms with Gasteiger partial charge in [-0.05, 0) is 12.1 Å². The molecule has 0 atom stereocenters. The molecule has 66 valence electrons. The topological polar surface area (TPSA) is 63.8 Å². The highest BCUT2D eigenvalue weighted by molar-refractivity contribution is 5.98. The molecular weight excluding hydrogens is 164 g/mol. The average Bonchev–Trinajstić information content (AvgIpc) is 2.17. The predicted molar refractivity (Wildman–Crippen MR) is 53.5 cm³/mol. The van der Waals surface area contributed by atoms with Gasteiger partial charge in [0.25, 0.3) is 0 Å². The van der Waals surface area contributed by atoms with Gasteiger partial charge in [0.2, 0.25) is 0 Å². The Bertz CT molecular complexity index is 433. The zero-order chi connectivity index (χ0) is 9.26. The molecule has 0 amide bonds. The minimum atomic E-state index is 0.509. The fraction of sp³-hybridized carbons (Fsp3) is 0.111. The number of anilines is 2. The van der Waals surface area contributed by atoms with E-state index in [4.69, 9.17) is 5.73 Å². The van der Waals surface area contributed by atoms with E-state index in [1.807, 2.05) is 25.2 Å². The van der Waals surface area contributed by atoms with Crippen LogP contribution in [-0.4, -0.2) is 17.0 Å². The number of fused-ring (bicyclic) bond motifs is 1. The molecule has 0 radical (unpaired) electrons. The minimum Gasteiger partial charge on any atom is -0.387 e. The first-order chi connectivity index (χ1) is 6.33. The first kappa shape index (κ1) is 7.79. The summed E-state index contributed by atoms with van der Waals surface area (Å²) >= 11 is 0. The molecule has 0 aliphatic heterocycles. The Morgan fingerprint density at radius 2 is 2.15 bits per heavy atom. The third kappa shape index (κ3) is 1.16. The van der Waals surface area contributed by atoms with Gasteiger partial charge in [-0.15, -0.1) is 0 Å². The van der Waals surface area contributed by atoms with E-state index in [0.717, 1.165) is 16.6 Å². The monoisotopic (exact) mass is 174 g/mol. The molecule has 0 aliphatic rings. The molecule has 4 heteroatoms. The summed E-state index contributed by atoms with van der Waals surface area (Å²) in [5.41, 5.74) is 7.56. The zero-order valence-electron chi connectivity index (χ0n) is 7.28. The summed E-state index contributed by atoms with van der Waals surface area (Å²) in [6, 6.07) is 5.79. The quantitative estimate of drug-likeness (QED) is 0.683. The van der Waals surface area contributed by atoms with Crippen molar-refractivity contribution in [2.24, 2.45) is 0 Å². The number of aromatic nitrogens is 2. The summed E-state index contributed by atoms with van der Waals surface area (Å²) in [7, 11) is 1.85. The van der Waals surface area contributed by atoms with Crippen LogP contribution in [0, 0.1) is 0 Å². The summed E-state index contributed by atoms with van der Waals surface area (Å²) in [5.74, 6) is 0.509. The van der Waals surface area contributed by atoms with Crippen molar-refractivity contribution < 1.29 is 0 Å². The molecule has 1 aromatic carbocycles. The lowest BCUT2D eigenvalue weighted by molar-refractivity contribution is 1.23. The highest BCUT2D eigenvalue weighted by Gasteiger charge is 2.03. The predicted octanol–water partition coefficient (Wildman–Crippen LogP) is 1.25. The van der Waals surface area contributed by atoms with E-state index in [2.05, 4.69) is 15.3 Å². The molecule has 13 heavy (non-hydrogen) atoms. The highest BCUT2D eigenvalue weighted by atomic mass is 14.9. The molecule has 2 aromatic rings. The van der Waals surface area contributed by atoms with Crippen LogP contribution in [-0.2, 0) is 0 Å². The van der Waals surface area contributed by atoms with Crippen molar-refractivity contribution in [1.82, 2.24) is 9.97 Å². The second-order valence-electron chi connectivity index (χ2n) is 2.71. The van der Waals surface area contributed by atoms with Gasteiger partial charge < -0.3 is 11.1 Å². The molecule has 0 saturated heterocycles. The van der Waals surface area contributed by atoms with Gasteiger partial charge in [-0.25, -0.2) is 9.97 Å². The van der Waals surface area contributed by atoms with Crippen LogP contribution in [0.2, 0.25) is 0 Å². The summed E-state index contributed by atoms with van der Waals surface area (Å²) in [6.07, 6.45) is 1.47. The summed E-state index contributed by atoms with van der Waals surface area (Å²) < 4.78 is 0. The van der Waals surface area contributed by atoms with Gasteiger partial charge in [-0.3, -0.25) is 0 Å². The number of nitrogens with one attached hydrogen (secondary N) is 1. The van der Waals surface area contributed by atoms with Gasteiger partial charge in [0, 0.05) is 12.7 Å². The summed E-state index contributed by atoms with van der Waals surface area (Å²) in [6.45, 7) is 0. The fourth-order valence-corrected chi connectivity index (χ4v) is 1.34. The molecular formula is C9H10N4. The number of benzene rings is 1. The average molecular weight is 174 g/mol. The van der Waals surface area contributed by atoms with Crippen molar-refractivity contribution in [2.45, 2.75) is 0 Å². The van der Waals surface area contributed by atoms with E-state index in [9.17, 15) is 0 Å². The Kier molecular flexibility index (Phi) is 1.73. The largest absolute Gasteiger partial charge is 0.387 e. The first-order valence-corrected chi connectivity index (χ1v) is 4.00. The van der Waals surface area contributed by atoms with E-state index in [-0.39, 0.29) is 0 Å². The molecule has 0 saturated carbocycles. The SMILES string of the molecule is CNc1cccc2ncnc(N)c12. The van der Waals surface area contributed by atoms with Crippen molar-refractivity contribution >= 4 is 22.4 Å². The number of hydrogen-bond acceptors (Lipinski definition) is 4. The summed E-state index contributed by atoms with van der Waals surface area (Å²) in [4.78, 5) is 8.06. The van der Waals surface area contributed by atoms with Crippen LogP contribution in [0.25, 0.3) is 10.9 Å². The Labute approximate surface area is 75.8 Å². The van der Waals surface area contributed by atoms with Crippen molar-refractivity contribution in [3.63, 3.8) is 0 Å². The maximum atomic E-state index is 5.74. The van der Waals surface area contributed by atoms with Crippen molar-refractivity contribution in [2.75, 3.05) is 18.1 Å². The Hall–Kier alpha value is -1.84. The number of rotatable bonds is 1. The van der Waals surface area contributed by atoms with Crippen molar-refractivity contribution in [3.8, 4) is 0 Å². The van der Waals surface area contributed by atoms with E-state index >= 15 is 0 Å². The van der Waals surface area contributed by atoms with Crippen molar-refractivity contribution in [1.29, 1.82) is 0 Å². The number of nitrogens with zero attached hydrogens (tertiary/aromatic N) is 2. The van der Waals surface area contributed by atoms with Gasteiger partial charge in [0.05, 0.1) is 10.9 Å². The number of nitrogens with two attached hydrogens (primary N) is 1. The minimum absolute atomic E-state index is 0.509. The lowest BCUT2D eigenvalue weighted by Gasteiger charge is -2.05. The van der Waals surface area contributed by atoms with E-state index in [1.54, 1.807) is 0 Å². The van der Waals surface area contributed by atoms with Gasteiger partial charge in [-0.2, -0.15) is 0 Å². The number of hydrogen-bond donors (Lipinski definition) is 2. The lowest BCUT2D eigenvalue weighted by Crippen LogP contribution is -1.97.